The average Bonchev–Trinajstić information content (AvgIpc) is 2.66. The minimum atomic E-state index is -3.54. The molecule has 0 bridgehead atoms. The number of rotatable bonds is 5. The molecule has 2 unspecified atom stereocenters. The van der Waals surface area contributed by atoms with Crippen molar-refractivity contribution in [2.24, 2.45) is 0 Å². The molecule has 0 aromatic heterocycles. The summed E-state index contributed by atoms with van der Waals surface area (Å²) in [7, 11) is -3.54. The molecule has 0 N–H and O–H groups in total. The molecule has 2 fully saturated rings. The Labute approximate surface area is 160 Å². The van der Waals surface area contributed by atoms with Gasteiger partial charge in [-0.25, -0.2) is 0 Å². The van der Waals surface area contributed by atoms with Crippen LogP contribution < -0.4 is 4.74 Å². The van der Waals surface area contributed by atoms with Gasteiger partial charge in [-0.05, 0) is 26.0 Å². The summed E-state index contributed by atoms with van der Waals surface area (Å²) in [6.45, 7) is 5.74. The molecule has 0 radical (unpaired) electrons. The fourth-order valence-corrected chi connectivity index (χ4v) is 5.15. The van der Waals surface area contributed by atoms with Crippen molar-refractivity contribution in [3.8, 4) is 5.75 Å². The van der Waals surface area contributed by atoms with Crippen LogP contribution in [0.25, 0.3) is 0 Å². The van der Waals surface area contributed by atoms with Crippen LogP contribution >= 0.6 is 0 Å². The van der Waals surface area contributed by atoms with Crippen LogP contribution in [0.5, 0.6) is 5.75 Å². The molecule has 0 aliphatic carbocycles. The maximum atomic E-state index is 12.9. The van der Waals surface area contributed by atoms with Gasteiger partial charge in [-0.15, -0.1) is 0 Å². The van der Waals surface area contributed by atoms with Gasteiger partial charge in [0.05, 0.1) is 12.2 Å². The molecule has 150 valence electrons. The number of hydrogen-bond donors (Lipinski definition) is 0. The van der Waals surface area contributed by atoms with Crippen molar-refractivity contribution in [2.45, 2.75) is 26.1 Å². The molecule has 2 aliphatic rings. The molecule has 0 saturated carbocycles. The van der Waals surface area contributed by atoms with Gasteiger partial charge in [-0.2, -0.15) is 17.0 Å². The number of para-hydroxylation sites is 1. The zero-order chi connectivity index (χ0) is 19.4. The molecule has 9 heteroatoms. The van der Waals surface area contributed by atoms with E-state index in [1.165, 1.54) is 8.61 Å². The Morgan fingerprint density at radius 2 is 1.63 bits per heavy atom. The van der Waals surface area contributed by atoms with Crippen molar-refractivity contribution < 1.29 is 22.7 Å². The Morgan fingerprint density at radius 1 is 1.04 bits per heavy atom. The maximum absolute atomic E-state index is 12.9. The predicted octanol–water partition coefficient (Wildman–Crippen LogP) is 0.564. The Hall–Kier alpha value is -1.68. The van der Waals surface area contributed by atoms with Crippen molar-refractivity contribution in [3.63, 3.8) is 0 Å². The Morgan fingerprint density at radius 3 is 2.22 bits per heavy atom. The van der Waals surface area contributed by atoms with Crippen LogP contribution in [0, 0.1) is 0 Å². The van der Waals surface area contributed by atoms with Gasteiger partial charge in [0.2, 0.25) is 0 Å². The lowest BCUT2D eigenvalue weighted by molar-refractivity contribution is -0.134. The summed E-state index contributed by atoms with van der Waals surface area (Å²) >= 11 is 0. The molecule has 2 saturated heterocycles. The zero-order valence-corrected chi connectivity index (χ0v) is 16.6. The lowest BCUT2D eigenvalue weighted by Crippen LogP contribution is -2.58. The number of carbonyl (C=O) groups is 1. The Bertz CT molecular complexity index is 725. The van der Waals surface area contributed by atoms with Crippen LogP contribution in [0.3, 0.4) is 0 Å². The minimum absolute atomic E-state index is 0.0464. The Kier molecular flexibility index (Phi) is 6.36. The molecular weight excluding hydrogens is 370 g/mol. The van der Waals surface area contributed by atoms with Gasteiger partial charge in [0.1, 0.15) is 5.75 Å². The molecule has 8 nitrogen and oxygen atoms in total. The number of nitrogens with zero attached hydrogens (tertiary/aromatic N) is 3. The van der Waals surface area contributed by atoms with E-state index in [4.69, 9.17) is 9.47 Å². The van der Waals surface area contributed by atoms with E-state index in [9.17, 15) is 13.2 Å². The lowest BCUT2D eigenvalue weighted by atomic mass is 10.3. The van der Waals surface area contributed by atoms with E-state index in [1.54, 1.807) is 17.0 Å². The molecular formula is C18H27N3O5S. The highest BCUT2D eigenvalue weighted by Crippen LogP contribution is 2.19. The van der Waals surface area contributed by atoms with Crippen LogP contribution in [0.15, 0.2) is 30.3 Å². The number of morpholine rings is 1. The van der Waals surface area contributed by atoms with E-state index >= 15 is 0 Å². The van der Waals surface area contributed by atoms with Gasteiger partial charge in [-0.3, -0.25) is 4.79 Å². The van der Waals surface area contributed by atoms with Gasteiger partial charge in [0.15, 0.2) is 6.61 Å². The summed E-state index contributed by atoms with van der Waals surface area (Å²) in [5.74, 6) is 0.507. The normalized spacial score (nSPS) is 25.3. The lowest BCUT2D eigenvalue weighted by Gasteiger charge is -2.40. The van der Waals surface area contributed by atoms with Crippen LogP contribution in [0.4, 0.5) is 0 Å². The third-order valence-electron chi connectivity index (χ3n) is 4.74. The standard InChI is InChI=1S/C18H27N3O5S/c1-15-12-21(13-16(2)26-15)27(23,24)20-10-8-19(9-11-20)18(22)14-25-17-6-4-3-5-7-17/h3-7,15-16H,8-14H2,1-2H3. The smallest absolute Gasteiger partial charge is 0.282 e. The first-order valence-electron chi connectivity index (χ1n) is 9.22. The van der Waals surface area contributed by atoms with Crippen molar-refractivity contribution in [2.75, 3.05) is 45.9 Å². The van der Waals surface area contributed by atoms with Crippen LogP contribution in [0.2, 0.25) is 0 Å². The van der Waals surface area contributed by atoms with Gasteiger partial charge < -0.3 is 14.4 Å². The maximum Gasteiger partial charge on any atom is 0.282 e. The monoisotopic (exact) mass is 397 g/mol. The van der Waals surface area contributed by atoms with E-state index in [-0.39, 0.29) is 24.7 Å². The first-order valence-corrected chi connectivity index (χ1v) is 10.6. The second-order valence-electron chi connectivity index (χ2n) is 6.96. The molecule has 3 rings (SSSR count). The van der Waals surface area contributed by atoms with E-state index in [0.717, 1.165) is 0 Å². The highest BCUT2D eigenvalue weighted by Gasteiger charge is 2.37. The fourth-order valence-electron chi connectivity index (χ4n) is 3.40. The SMILES string of the molecule is CC1CN(S(=O)(=O)N2CCN(C(=O)COc3ccccc3)CC2)CC(C)O1. The highest BCUT2D eigenvalue weighted by atomic mass is 32.2. The first-order chi connectivity index (χ1) is 12.9. The summed E-state index contributed by atoms with van der Waals surface area (Å²) in [5, 5.41) is 0. The van der Waals surface area contributed by atoms with E-state index in [1.807, 2.05) is 32.0 Å². The van der Waals surface area contributed by atoms with E-state index < -0.39 is 10.2 Å². The molecule has 0 spiro atoms. The Balaban J connectivity index is 1.51. The minimum Gasteiger partial charge on any atom is -0.484 e. The summed E-state index contributed by atoms with van der Waals surface area (Å²) in [5.41, 5.74) is 0. The predicted molar refractivity (Wildman–Crippen MR) is 101 cm³/mol. The molecule has 1 aromatic rings. The molecule has 1 aromatic carbocycles. The van der Waals surface area contributed by atoms with E-state index in [2.05, 4.69) is 0 Å². The van der Waals surface area contributed by atoms with Gasteiger partial charge in [-0.1, -0.05) is 18.2 Å². The van der Waals surface area contributed by atoms with E-state index in [0.29, 0.717) is 45.0 Å². The highest BCUT2D eigenvalue weighted by molar-refractivity contribution is 7.86. The number of carbonyl (C=O) groups excluding carboxylic acids is 1. The number of piperazine rings is 1. The summed E-state index contributed by atoms with van der Waals surface area (Å²) in [6, 6.07) is 9.15. The van der Waals surface area contributed by atoms with Crippen LogP contribution in [0.1, 0.15) is 13.8 Å². The summed E-state index contributed by atoms with van der Waals surface area (Å²) in [6.07, 6.45) is -0.247. The zero-order valence-electron chi connectivity index (χ0n) is 15.8. The van der Waals surface area contributed by atoms with Gasteiger partial charge in [0.25, 0.3) is 16.1 Å². The number of ether oxygens (including phenoxy) is 2. The number of hydrogen-bond acceptors (Lipinski definition) is 5. The largest absolute Gasteiger partial charge is 0.484 e. The molecule has 2 atom stereocenters. The van der Waals surface area contributed by atoms with Crippen molar-refractivity contribution in [1.29, 1.82) is 0 Å². The second-order valence-corrected chi connectivity index (χ2v) is 8.89. The van der Waals surface area contributed by atoms with Crippen LogP contribution in [-0.2, 0) is 19.7 Å². The third-order valence-corrected chi connectivity index (χ3v) is 6.70. The summed E-state index contributed by atoms with van der Waals surface area (Å²) in [4.78, 5) is 14.0. The topological polar surface area (TPSA) is 79.4 Å². The molecule has 27 heavy (non-hydrogen) atoms. The van der Waals surface area contributed by atoms with Crippen molar-refractivity contribution in [1.82, 2.24) is 13.5 Å². The van der Waals surface area contributed by atoms with Crippen molar-refractivity contribution in [3.05, 3.63) is 30.3 Å². The first kappa shape index (κ1) is 20.1. The molecule has 2 aliphatic heterocycles. The number of amides is 1. The quantitative estimate of drug-likeness (QED) is 0.726. The summed E-state index contributed by atoms with van der Waals surface area (Å²) < 4.78 is 39.8. The van der Waals surface area contributed by atoms with Crippen LogP contribution in [-0.4, -0.2) is 85.9 Å². The fraction of sp³-hybridized carbons (Fsp3) is 0.611. The van der Waals surface area contributed by atoms with Crippen molar-refractivity contribution >= 4 is 16.1 Å². The molecule has 1 amide bonds. The molecule has 2 heterocycles. The second kappa shape index (κ2) is 8.55. The van der Waals surface area contributed by atoms with Gasteiger partial charge in [0, 0.05) is 39.3 Å². The number of benzene rings is 1. The third kappa shape index (κ3) is 4.98. The average molecular weight is 397 g/mol. The van der Waals surface area contributed by atoms with Gasteiger partial charge >= 0.3 is 0 Å².